The van der Waals surface area contributed by atoms with Gasteiger partial charge in [-0.05, 0) is 34.6 Å². The molecule has 1 heterocycles. The van der Waals surface area contributed by atoms with Crippen LogP contribution in [0, 0.1) is 6.92 Å². The van der Waals surface area contributed by atoms with Crippen molar-refractivity contribution in [1.82, 2.24) is 4.98 Å². The predicted molar refractivity (Wildman–Crippen MR) is 83.0 cm³/mol. The third-order valence-electron chi connectivity index (χ3n) is 2.55. The number of carbonyl (C=O) groups is 2. The number of aryl methyl sites for hydroxylation is 1. The van der Waals surface area contributed by atoms with E-state index in [9.17, 15) is 22.8 Å². The summed E-state index contributed by atoms with van der Waals surface area (Å²) in [6, 6.07) is 0. The van der Waals surface area contributed by atoms with Crippen molar-refractivity contribution in [2.45, 2.75) is 60.2 Å². The number of alkyl halides is 3. The van der Waals surface area contributed by atoms with Crippen LogP contribution in [0.4, 0.5) is 13.2 Å². The third-order valence-corrected chi connectivity index (χ3v) is 2.55. The fourth-order valence-corrected chi connectivity index (χ4v) is 1.85. The summed E-state index contributed by atoms with van der Waals surface area (Å²) >= 11 is 0. The molecule has 5 nitrogen and oxygen atoms in total. The van der Waals surface area contributed by atoms with E-state index in [-0.39, 0.29) is 12.3 Å². The van der Waals surface area contributed by atoms with Crippen LogP contribution in [0.25, 0.3) is 0 Å². The Labute approximate surface area is 139 Å². The smallest absolute Gasteiger partial charge is 0.419 e. The SMILES string of the molecule is CC.CCOC(=O)c1[nH]c(C)c(C(=O)OC(C)(C)C)c1C(F)(F)F. The maximum absolute atomic E-state index is 13.3. The number of aromatic amines is 1. The molecule has 0 aliphatic rings. The molecule has 1 aromatic heterocycles. The van der Waals surface area contributed by atoms with Crippen LogP contribution in [-0.4, -0.2) is 29.1 Å². The van der Waals surface area contributed by atoms with Gasteiger partial charge in [-0.25, -0.2) is 9.59 Å². The molecule has 0 aliphatic heterocycles. The number of aromatic nitrogens is 1. The summed E-state index contributed by atoms with van der Waals surface area (Å²) in [7, 11) is 0. The molecule has 0 spiro atoms. The second-order valence-corrected chi connectivity index (χ2v) is 5.60. The molecule has 0 radical (unpaired) electrons. The highest BCUT2D eigenvalue weighted by atomic mass is 19.4. The van der Waals surface area contributed by atoms with Gasteiger partial charge in [0.15, 0.2) is 0 Å². The van der Waals surface area contributed by atoms with E-state index >= 15 is 0 Å². The number of nitrogens with one attached hydrogen (secondary N) is 1. The summed E-state index contributed by atoms with van der Waals surface area (Å²) in [5.74, 6) is -2.32. The van der Waals surface area contributed by atoms with Crippen LogP contribution in [-0.2, 0) is 15.7 Å². The van der Waals surface area contributed by atoms with Gasteiger partial charge in [0.05, 0.1) is 12.2 Å². The van der Waals surface area contributed by atoms with Gasteiger partial charge in [0.2, 0.25) is 0 Å². The average molecular weight is 351 g/mol. The zero-order valence-electron chi connectivity index (χ0n) is 15.0. The minimum absolute atomic E-state index is 0.0873. The van der Waals surface area contributed by atoms with Gasteiger partial charge in [0.25, 0.3) is 0 Å². The van der Waals surface area contributed by atoms with Crippen LogP contribution in [0.5, 0.6) is 0 Å². The first-order chi connectivity index (χ1) is 10.9. The summed E-state index contributed by atoms with van der Waals surface area (Å²) < 4.78 is 49.4. The van der Waals surface area contributed by atoms with Crippen LogP contribution in [0.15, 0.2) is 0 Å². The van der Waals surface area contributed by atoms with E-state index in [1.165, 1.54) is 34.6 Å². The normalized spacial score (nSPS) is 11.4. The molecule has 0 saturated carbocycles. The third kappa shape index (κ3) is 5.58. The molecule has 0 unspecified atom stereocenters. The highest BCUT2D eigenvalue weighted by Crippen LogP contribution is 2.37. The van der Waals surface area contributed by atoms with Crippen molar-refractivity contribution >= 4 is 11.9 Å². The van der Waals surface area contributed by atoms with Gasteiger partial charge in [0, 0.05) is 5.69 Å². The number of hydrogen-bond acceptors (Lipinski definition) is 4. The second kappa shape index (κ2) is 8.21. The number of rotatable bonds is 3. The van der Waals surface area contributed by atoms with E-state index in [0.717, 1.165) is 0 Å². The highest BCUT2D eigenvalue weighted by molar-refractivity contribution is 5.99. The van der Waals surface area contributed by atoms with E-state index in [0.29, 0.717) is 0 Å². The Bertz CT molecular complexity index is 583. The van der Waals surface area contributed by atoms with Gasteiger partial charge < -0.3 is 14.5 Å². The van der Waals surface area contributed by atoms with E-state index in [1.807, 2.05) is 13.8 Å². The van der Waals surface area contributed by atoms with Gasteiger partial charge in [-0.2, -0.15) is 13.2 Å². The van der Waals surface area contributed by atoms with Gasteiger partial charge in [-0.1, -0.05) is 13.8 Å². The molecule has 0 amide bonds. The predicted octanol–water partition coefficient (Wildman–Crippen LogP) is 4.50. The lowest BCUT2D eigenvalue weighted by Gasteiger charge is -2.20. The van der Waals surface area contributed by atoms with Gasteiger partial charge in [0.1, 0.15) is 16.9 Å². The molecule has 1 aromatic rings. The lowest BCUT2D eigenvalue weighted by atomic mass is 10.1. The van der Waals surface area contributed by atoms with E-state index in [4.69, 9.17) is 4.74 Å². The van der Waals surface area contributed by atoms with E-state index in [2.05, 4.69) is 9.72 Å². The van der Waals surface area contributed by atoms with Crippen molar-refractivity contribution in [1.29, 1.82) is 0 Å². The van der Waals surface area contributed by atoms with Crippen molar-refractivity contribution < 1.29 is 32.2 Å². The molecule has 24 heavy (non-hydrogen) atoms. The molecule has 0 fully saturated rings. The summed E-state index contributed by atoms with van der Waals surface area (Å²) in [6.45, 7) is 11.2. The minimum atomic E-state index is -4.90. The summed E-state index contributed by atoms with van der Waals surface area (Å²) in [4.78, 5) is 26.0. The Morgan fingerprint density at radius 1 is 1.08 bits per heavy atom. The zero-order chi connectivity index (χ0) is 19.3. The fraction of sp³-hybridized carbons (Fsp3) is 0.625. The van der Waals surface area contributed by atoms with Crippen molar-refractivity contribution in [2.75, 3.05) is 6.61 Å². The molecular weight excluding hydrogens is 327 g/mol. The van der Waals surface area contributed by atoms with Gasteiger partial charge in [-0.3, -0.25) is 0 Å². The molecule has 8 heteroatoms. The molecule has 0 aromatic carbocycles. The van der Waals surface area contributed by atoms with Crippen LogP contribution in [0.3, 0.4) is 0 Å². The monoisotopic (exact) mass is 351 g/mol. The number of halogens is 3. The largest absolute Gasteiger partial charge is 0.461 e. The number of ether oxygens (including phenoxy) is 2. The molecule has 0 aliphatic carbocycles. The van der Waals surface area contributed by atoms with Crippen molar-refractivity contribution in [3.63, 3.8) is 0 Å². The van der Waals surface area contributed by atoms with Gasteiger partial charge >= 0.3 is 18.1 Å². The van der Waals surface area contributed by atoms with E-state index < -0.39 is 40.5 Å². The average Bonchev–Trinajstić information content (AvgIpc) is 2.77. The topological polar surface area (TPSA) is 68.4 Å². The first kappa shape index (κ1) is 22.0. The lowest BCUT2D eigenvalue weighted by molar-refractivity contribution is -0.138. The molecule has 0 saturated heterocycles. The minimum Gasteiger partial charge on any atom is -0.461 e. The fourth-order valence-electron chi connectivity index (χ4n) is 1.85. The molecule has 1 rings (SSSR count). The quantitative estimate of drug-likeness (QED) is 0.814. The van der Waals surface area contributed by atoms with Crippen LogP contribution < -0.4 is 0 Å². The lowest BCUT2D eigenvalue weighted by Crippen LogP contribution is -2.26. The first-order valence-corrected chi connectivity index (χ1v) is 7.58. The number of carbonyl (C=O) groups excluding carboxylic acids is 2. The summed E-state index contributed by atoms with van der Waals surface area (Å²) in [5, 5.41) is 0. The second-order valence-electron chi connectivity index (χ2n) is 5.60. The van der Waals surface area contributed by atoms with Gasteiger partial charge in [-0.15, -0.1) is 0 Å². The van der Waals surface area contributed by atoms with Crippen LogP contribution >= 0.6 is 0 Å². The Balaban J connectivity index is 0.00000254. The number of H-pyrrole nitrogens is 1. The Morgan fingerprint density at radius 2 is 1.58 bits per heavy atom. The van der Waals surface area contributed by atoms with Crippen molar-refractivity contribution in [3.8, 4) is 0 Å². The Morgan fingerprint density at radius 3 is 1.96 bits per heavy atom. The maximum Gasteiger partial charge on any atom is 0.419 e. The Hall–Kier alpha value is -1.99. The molecule has 1 N–H and O–H groups in total. The summed E-state index contributed by atoms with van der Waals surface area (Å²) in [5.41, 5.74) is -3.94. The summed E-state index contributed by atoms with van der Waals surface area (Å²) in [6.07, 6.45) is -4.90. The molecule has 0 bridgehead atoms. The number of hydrogen-bond donors (Lipinski definition) is 1. The maximum atomic E-state index is 13.3. The van der Waals surface area contributed by atoms with Crippen molar-refractivity contribution in [3.05, 3.63) is 22.5 Å². The molecule has 0 atom stereocenters. The Kier molecular flexibility index (Phi) is 7.53. The van der Waals surface area contributed by atoms with E-state index in [1.54, 1.807) is 0 Å². The van der Waals surface area contributed by atoms with Crippen LogP contribution in [0.1, 0.15) is 73.6 Å². The highest BCUT2D eigenvalue weighted by Gasteiger charge is 2.44. The first-order valence-electron chi connectivity index (χ1n) is 7.58. The number of esters is 2. The zero-order valence-corrected chi connectivity index (χ0v) is 15.0. The van der Waals surface area contributed by atoms with Crippen molar-refractivity contribution in [2.24, 2.45) is 0 Å². The van der Waals surface area contributed by atoms with Crippen LogP contribution in [0.2, 0.25) is 0 Å². The molecule has 138 valence electrons. The standard InChI is InChI=1S/C14H18F3NO4.C2H6/c1-6-21-12(20)10-9(14(15,16)17)8(7(2)18-10)11(19)22-13(3,4)5;1-2/h18H,6H2,1-5H3;1-2H3. The molecular formula is C16H24F3NO4.